The molecule has 1 aromatic heterocycles. The molecule has 2 aromatic rings. The number of halogens is 1. The molecule has 5 nitrogen and oxygen atoms in total. The molecule has 0 aliphatic carbocycles. The third kappa shape index (κ3) is 3.37. The average Bonchev–Trinajstić information content (AvgIpc) is 2.38. The monoisotopic (exact) mass is 295 g/mol. The van der Waals surface area contributed by atoms with E-state index in [9.17, 15) is 9.59 Å². The molecule has 0 aliphatic heterocycles. The summed E-state index contributed by atoms with van der Waals surface area (Å²) in [7, 11) is 0. The number of aromatic amines is 1. The van der Waals surface area contributed by atoms with E-state index >= 15 is 0 Å². The number of aromatic nitrogens is 1. The van der Waals surface area contributed by atoms with Crippen molar-refractivity contribution in [2.45, 2.75) is 19.4 Å². The Morgan fingerprint density at radius 1 is 1.35 bits per heavy atom. The molecule has 0 fully saturated rings. The predicted molar refractivity (Wildman–Crippen MR) is 82.4 cm³/mol. The number of H-pyrrole nitrogens is 1. The van der Waals surface area contributed by atoms with E-state index in [0.717, 1.165) is 5.39 Å². The van der Waals surface area contributed by atoms with Gasteiger partial charge >= 0.3 is 0 Å². The van der Waals surface area contributed by atoms with Gasteiger partial charge in [-0.25, -0.2) is 0 Å². The van der Waals surface area contributed by atoms with Gasteiger partial charge in [0, 0.05) is 17.5 Å². The first-order valence-electron chi connectivity index (χ1n) is 6.07. The maximum absolute atomic E-state index is 12.1. The fourth-order valence-corrected chi connectivity index (χ4v) is 1.76. The number of hydrogen-bond acceptors (Lipinski definition) is 3. The Morgan fingerprint density at radius 3 is 2.65 bits per heavy atom. The van der Waals surface area contributed by atoms with Gasteiger partial charge in [0.1, 0.15) is 5.69 Å². The number of carbonyl (C=O) groups is 1. The van der Waals surface area contributed by atoms with Crippen LogP contribution in [0.2, 0.25) is 0 Å². The topological polar surface area (TPSA) is 88.0 Å². The van der Waals surface area contributed by atoms with Crippen molar-refractivity contribution in [2.75, 3.05) is 6.54 Å². The standard InChI is InChI=1S/C14H17N3O2.ClH/c1-14(2,8-15)17-13(19)11-7-9-5-3-4-6-10(9)12(18)16-11;/h3-7H,8,15H2,1-2H3,(H,16,18)(H,17,19);1H. The molecule has 0 bridgehead atoms. The quantitative estimate of drug-likeness (QED) is 0.800. The van der Waals surface area contributed by atoms with Gasteiger partial charge in [0.05, 0.1) is 0 Å². The first kappa shape index (κ1) is 16.2. The van der Waals surface area contributed by atoms with E-state index in [1.54, 1.807) is 24.3 Å². The molecule has 0 saturated carbocycles. The zero-order valence-electron chi connectivity index (χ0n) is 11.4. The number of benzene rings is 1. The summed E-state index contributed by atoms with van der Waals surface area (Å²) in [6.07, 6.45) is 0. The van der Waals surface area contributed by atoms with E-state index in [2.05, 4.69) is 10.3 Å². The van der Waals surface area contributed by atoms with Gasteiger partial charge in [-0.2, -0.15) is 0 Å². The Kier molecular flexibility index (Phi) is 4.92. The smallest absolute Gasteiger partial charge is 0.268 e. The molecule has 0 saturated heterocycles. The van der Waals surface area contributed by atoms with Crippen molar-refractivity contribution in [3.8, 4) is 0 Å². The Hall–Kier alpha value is -1.85. The van der Waals surface area contributed by atoms with Gasteiger partial charge < -0.3 is 16.0 Å². The van der Waals surface area contributed by atoms with E-state index in [1.807, 2.05) is 19.9 Å². The Balaban J connectivity index is 0.00000200. The van der Waals surface area contributed by atoms with Crippen LogP contribution in [0.25, 0.3) is 10.8 Å². The maximum atomic E-state index is 12.1. The molecule has 4 N–H and O–H groups in total. The summed E-state index contributed by atoms with van der Waals surface area (Å²) in [6.45, 7) is 3.96. The maximum Gasteiger partial charge on any atom is 0.268 e. The molecule has 0 radical (unpaired) electrons. The third-order valence-corrected chi connectivity index (χ3v) is 2.96. The number of carbonyl (C=O) groups excluding carboxylic acids is 1. The lowest BCUT2D eigenvalue weighted by atomic mass is 10.1. The fourth-order valence-electron chi connectivity index (χ4n) is 1.76. The molecule has 0 aliphatic rings. The first-order valence-corrected chi connectivity index (χ1v) is 6.07. The number of nitrogens with two attached hydrogens (primary N) is 1. The van der Waals surface area contributed by atoms with Crippen LogP contribution >= 0.6 is 12.4 Å². The molecule has 6 heteroatoms. The van der Waals surface area contributed by atoms with Gasteiger partial charge in [0.2, 0.25) is 0 Å². The van der Waals surface area contributed by atoms with Crippen LogP contribution in [-0.2, 0) is 0 Å². The highest BCUT2D eigenvalue weighted by molar-refractivity contribution is 5.96. The van der Waals surface area contributed by atoms with E-state index < -0.39 is 5.54 Å². The fraction of sp³-hybridized carbons (Fsp3) is 0.286. The lowest BCUT2D eigenvalue weighted by Gasteiger charge is -2.24. The molecule has 108 valence electrons. The van der Waals surface area contributed by atoms with Crippen molar-refractivity contribution in [1.82, 2.24) is 10.3 Å². The highest BCUT2D eigenvalue weighted by atomic mass is 35.5. The highest BCUT2D eigenvalue weighted by Crippen LogP contribution is 2.10. The summed E-state index contributed by atoms with van der Waals surface area (Å²) >= 11 is 0. The van der Waals surface area contributed by atoms with Gasteiger partial charge in [-0.1, -0.05) is 18.2 Å². The van der Waals surface area contributed by atoms with Crippen LogP contribution in [0.15, 0.2) is 35.1 Å². The van der Waals surface area contributed by atoms with Gasteiger partial charge in [0.15, 0.2) is 0 Å². The summed E-state index contributed by atoms with van der Waals surface area (Å²) < 4.78 is 0. The van der Waals surface area contributed by atoms with E-state index in [4.69, 9.17) is 5.73 Å². The Morgan fingerprint density at radius 2 is 2.00 bits per heavy atom. The van der Waals surface area contributed by atoms with Crippen molar-refractivity contribution in [2.24, 2.45) is 5.73 Å². The minimum Gasteiger partial charge on any atom is -0.345 e. The second-order valence-corrected chi connectivity index (χ2v) is 5.14. The molecular formula is C14H18ClN3O2. The minimum absolute atomic E-state index is 0. The molecule has 1 amide bonds. The zero-order valence-corrected chi connectivity index (χ0v) is 12.2. The van der Waals surface area contributed by atoms with E-state index in [-0.39, 0.29) is 29.6 Å². The molecule has 2 rings (SSSR count). The van der Waals surface area contributed by atoms with Gasteiger partial charge in [-0.3, -0.25) is 9.59 Å². The minimum atomic E-state index is -0.514. The van der Waals surface area contributed by atoms with Crippen molar-refractivity contribution < 1.29 is 4.79 Å². The molecule has 20 heavy (non-hydrogen) atoms. The Bertz CT molecular complexity index is 679. The Labute approximate surface area is 123 Å². The summed E-state index contributed by atoms with van der Waals surface area (Å²) in [5.41, 5.74) is 5.02. The predicted octanol–water partition coefficient (Wildman–Crippen LogP) is 1.42. The van der Waals surface area contributed by atoms with Crippen molar-refractivity contribution >= 4 is 29.1 Å². The van der Waals surface area contributed by atoms with Crippen LogP contribution < -0.4 is 16.6 Å². The van der Waals surface area contributed by atoms with Gasteiger partial charge in [0.25, 0.3) is 11.5 Å². The number of hydrogen-bond donors (Lipinski definition) is 3. The second-order valence-electron chi connectivity index (χ2n) is 5.14. The molecule has 1 heterocycles. The molecule has 0 spiro atoms. The zero-order chi connectivity index (χ0) is 14.0. The van der Waals surface area contributed by atoms with Crippen LogP contribution in [0.4, 0.5) is 0 Å². The van der Waals surface area contributed by atoms with Crippen molar-refractivity contribution in [3.05, 3.63) is 46.4 Å². The molecule has 0 unspecified atom stereocenters. The summed E-state index contributed by atoms with van der Waals surface area (Å²) in [4.78, 5) is 26.5. The number of fused-ring (bicyclic) bond motifs is 1. The van der Waals surface area contributed by atoms with Crippen LogP contribution in [0.3, 0.4) is 0 Å². The number of pyridine rings is 1. The summed E-state index contributed by atoms with van der Waals surface area (Å²) in [5.74, 6) is -0.335. The molecular weight excluding hydrogens is 278 g/mol. The number of amides is 1. The van der Waals surface area contributed by atoms with Crippen LogP contribution in [0, 0.1) is 0 Å². The first-order chi connectivity index (χ1) is 8.93. The lowest BCUT2D eigenvalue weighted by Crippen LogP contribution is -2.49. The van der Waals surface area contributed by atoms with Crippen LogP contribution in [0.5, 0.6) is 0 Å². The van der Waals surface area contributed by atoms with E-state index in [1.165, 1.54) is 0 Å². The SMILES string of the molecule is CC(C)(CN)NC(=O)c1cc2ccccc2c(=O)[nH]1.Cl. The summed E-state index contributed by atoms with van der Waals surface area (Å²) in [5, 5.41) is 4.08. The second kappa shape index (κ2) is 6.07. The van der Waals surface area contributed by atoms with Gasteiger partial charge in [-0.15, -0.1) is 12.4 Å². The highest BCUT2D eigenvalue weighted by Gasteiger charge is 2.20. The largest absolute Gasteiger partial charge is 0.345 e. The summed E-state index contributed by atoms with van der Waals surface area (Å²) in [6, 6.07) is 8.80. The molecule has 1 aromatic carbocycles. The van der Waals surface area contributed by atoms with Crippen LogP contribution in [0.1, 0.15) is 24.3 Å². The van der Waals surface area contributed by atoms with Crippen molar-refractivity contribution in [3.63, 3.8) is 0 Å². The van der Waals surface area contributed by atoms with E-state index in [0.29, 0.717) is 11.9 Å². The van der Waals surface area contributed by atoms with Gasteiger partial charge in [-0.05, 0) is 31.4 Å². The van der Waals surface area contributed by atoms with Crippen molar-refractivity contribution in [1.29, 1.82) is 0 Å². The average molecular weight is 296 g/mol. The lowest BCUT2D eigenvalue weighted by molar-refractivity contribution is 0.0910. The molecule has 0 atom stereocenters. The third-order valence-electron chi connectivity index (χ3n) is 2.96. The number of rotatable bonds is 3. The number of nitrogens with one attached hydrogen (secondary N) is 2. The van der Waals surface area contributed by atoms with Crippen LogP contribution in [-0.4, -0.2) is 23.0 Å². The normalized spacial score (nSPS) is 10.9.